The van der Waals surface area contributed by atoms with Gasteiger partial charge in [0.15, 0.2) is 5.02 Å². The Morgan fingerprint density at radius 3 is 2.24 bits per heavy atom. The third-order valence-corrected chi connectivity index (χ3v) is 2.38. The summed E-state index contributed by atoms with van der Waals surface area (Å²) in [5.41, 5.74) is -2.40. The first-order valence-corrected chi connectivity index (χ1v) is 4.50. The molecule has 1 N–H and O–H groups in total. The fraction of sp³-hybridized carbons (Fsp3) is 0.125. The van der Waals surface area contributed by atoms with Gasteiger partial charge in [0.25, 0.3) is 5.69 Å². The molecular weight excluding hydrogens is 256 g/mol. The first kappa shape index (κ1) is 12.8. The van der Waals surface area contributed by atoms with Crippen LogP contribution in [0, 0.1) is 27.2 Å². The first-order chi connectivity index (χ1) is 7.77. The highest BCUT2D eigenvalue weighted by Crippen LogP contribution is 2.38. The van der Waals surface area contributed by atoms with Crippen molar-refractivity contribution >= 4 is 28.9 Å². The summed E-state index contributed by atoms with van der Waals surface area (Å²) in [5.74, 6) is -1.56. The van der Waals surface area contributed by atoms with Crippen LogP contribution in [0.15, 0.2) is 6.07 Å². The number of benzene rings is 1. The van der Waals surface area contributed by atoms with Gasteiger partial charge in [0.05, 0.1) is 9.85 Å². The molecule has 8 nitrogen and oxygen atoms in total. The van der Waals surface area contributed by atoms with Crippen LogP contribution in [0.25, 0.3) is 0 Å². The molecule has 1 rings (SSSR count). The molecule has 0 aliphatic carbocycles. The van der Waals surface area contributed by atoms with Crippen LogP contribution in [0.5, 0.6) is 0 Å². The molecule has 0 unspecified atom stereocenters. The molecular formula is C8H5ClN2O6. The molecule has 9 heteroatoms. The number of carboxylic acid groups (broad SMARTS) is 1. The normalized spacial score (nSPS) is 10.0. The highest BCUT2D eigenvalue weighted by molar-refractivity contribution is 6.35. The van der Waals surface area contributed by atoms with E-state index in [9.17, 15) is 25.0 Å². The maximum absolute atomic E-state index is 10.8. The molecule has 0 saturated heterocycles. The lowest BCUT2D eigenvalue weighted by atomic mass is 10.1. The van der Waals surface area contributed by atoms with Gasteiger partial charge < -0.3 is 5.11 Å². The van der Waals surface area contributed by atoms with E-state index in [2.05, 4.69) is 0 Å². The Hall–Kier alpha value is -2.22. The molecule has 0 aliphatic rings. The standard InChI is InChI=1S/C8H5ClN2O6/c1-3-2-4(10(14)15)6(9)7(11(16)17)5(3)8(12)13/h2H,1H3,(H,12,13). The number of carboxylic acids is 1. The van der Waals surface area contributed by atoms with Gasteiger partial charge in [0, 0.05) is 6.07 Å². The summed E-state index contributed by atoms with van der Waals surface area (Å²) in [6, 6.07) is 0.888. The highest BCUT2D eigenvalue weighted by Gasteiger charge is 2.32. The van der Waals surface area contributed by atoms with E-state index >= 15 is 0 Å². The number of aryl methyl sites for hydroxylation is 1. The van der Waals surface area contributed by atoms with E-state index in [1.807, 2.05) is 0 Å². The Morgan fingerprint density at radius 2 is 1.88 bits per heavy atom. The molecule has 1 aromatic carbocycles. The summed E-state index contributed by atoms with van der Waals surface area (Å²) < 4.78 is 0. The zero-order valence-electron chi connectivity index (χ0n) is 8.34. The van der Waals surface area contributed by atoms with Gasteiger partial charge in [-0.25, -0.2) is 4.79 Å². The molecule has 0 radical (unpaired) electrons. The van der Waals surface area contributed by atoms with E-state index < -0.39 is 37.8 Å². The van der Waals surface area contributed by atoms with Crippen molar-refractivity contribution in [3.05, 3.63) is 42.4 Å². The van der Waals surface area contributed by atoms with Gasteiger partial charge in [0.2, 0.25) is 0 Å². The topological polar surface area (TPSA) is 124 Å². The second-order valence-corrected chi connectivity index (χ2v) is 3.45. The van der Waals surface area contributed by atoms with Gasteiger partial charge in [-0.3, -0.25) is 20.2 Å². The van der Waals surface area contributed by atoms with E-state index in [1.165, 1.54) is 6.92 Å². The van der Waals surface area contributed by atoms with Gasteiger partial charge in [-0.05, 0) is 12.5 Å². The zero-order valence-corrected chi connectivity index (χ0v) is 9.09. The van der Waals surface area contributed by atoms with Gasteiger partial charge in [-0.15, -0.1) is 0 Å². The minimum Gasteiger partial charge on any atom is -0.477 e. The average molecular weight is 261 g/mol. The molecule has 90 valence electrons. The Bertz CT molecular complexity index is 541. The van der Waals surface area contributed by atoms with Gasteiger partial charge in [-0.2, -0.15) is 0 Å². The summed E-state index contributed by atoms with van der Waals surface area (Å²) in [5, 5.41) is 29.3. The quantitative estimate of drug-likeness (QED) is 0.656. The van der Waals surface area contributed by atoms with E-state index in [1.54, 1.807) is 0 Å². The van der Waals surface area contributed by atoms with E-state index in [4.69, 9.17) is 16.7 Å². The number of hydrogen-bond donors (Lipinski definition) is 1. The molecule has 0 amide bonds. The lowest BCUT2D eigenvalue weighted by molar-refractivity contribution is -0.394. The molecule has 0 fully saturated rings. The monoisotopic (exact) mass is 260 g/mol. The molecule has 0 atom stereocenters. The Morgan fingerprint density at radius 1 is 1.35 bits per heavy atom. The van der Waals surface area contributed by atoms with Crippen molar-refractivity contribution in [1.82, 2.24) is 0 Å². The highest BCUT2D eigenvalue weighted by atomic mass is 35.5. The van der Waals surface area contributed by atoms with Crippen LogP contribution in [0.4, 0.5) is 11.4 Å². The predicted molar refractivity (Wildman–Crippen MR) is 56.5 cm³/mol. The second-order valence-electron chi connectivity index (χ2n) is 3.07. The van der Waals surface area contributed by atoms with Crippen molar-refractivity contribution in [2.45, 2.75) is 6.92 Å². The molecule has 0 aliphatic heterocycles. The molecule has 0 heterocycles. The average Bonchev–Trinajstić information content (AvgIpc) is 2.18. The predicted octanol–water partition coefficient (Wildman–Crippen LogP) is 2.16. The largest absolute Gasteiger partial charge is 0.477 e. The first-order valence-electron chi connectivity index (χ1n) is 4.12. The number of nitro benzene ring substituents is 2. The number of aromatic carboxylic acids is 1. The van der Waals surface area contributed by atoms with E-state index in [0.29, 0.717) is 0 Å². The van der Waals surface area contributed by atoms with E-state index in [-0.39, 0.29) is 5.56 Å². The fourth-order valence-electron chi connectivity index (χ4n) is 1.33. The molecule has 0 aromatic heterocycles. The Balaban J connectivity index is 3.78. The summed E-state index contributed by atoms with van der Waals surface area (Å²) >= 11 is 5.47. The van der Waals surface area contributed by atoms with Crippen LogP contribution in [0.1, 0.15) is 15.9 Å². The number of halogens is 1. The van der Waals surface area contributed by atoms with Gasteiger partial charge >= 0.3 is 11.7 Å². The lowest BCUT2D eigenvalue weighted by Gasteiger charge is -2.04. The van der Waals surface area contributed by atoms with Crippen LogP contribution >= 0.6 is 11.6 Å². The van der Waals surface area contributed by atoms with Crippen molar-refractivity contribution in [3.63, 3.8) is 0 Å². The summed E-state index contributed by atoms with van der Waals surface area (Å²) in [6.45, 7) is 1.22. The molecule has 17 heavy (non-hydrogen) atoms. The summed E-state index contributed by atoms with van der Waals surface area (Å²) in [7, 11) is 0. The number of rotatable bonds is 3. The molecule has 0 bridgehead atoms. The number of carbonyl (C=O) groups is 1. The van der Waals surface area contributed by atoms with Gasteiger partial charge in [-0.1, -0.05) is 11.6 Å². The van der Waals surface area contributed by atoms with Crippen molar-refractivity contribution in [1.29, 1.82) is 0 Å². The maximum Gasteiger partial charge on any atom is 0.343 e. The lowest BCUT2D eigenvalue weighted by Crippen LogP contribution is -2.07. The smallest absolute Gasteiger partial charge is 0.343 e. The van der Waals surface area contributed by atoms with Crippen LogP contribution in [-0.2, 0) is 0 Å². The Labute approximate surface area is 98.7 Å². The van der Waals surface area contributed by atoms with Crippen LogP contribution < -0.4 is 0 Å². The maximum atomic E-state index is 10.8. The SMILES string of the molecule is Cc1cc([N+](=O)[O-])c(Cl)c([N+](=O)[O-])c1C(=O)O. The third kappa shape index (κ3) is 2.16. The van der Waals surface area contributed by atoms with Gasteiger partial charge in [0.1, 0.15) is 5.56 Å². The molecule has 1 aromatic rings. The van der Waals surface area contributed by atoms with Crippen LogP contribution in [0.3, 0.4) is 0 Å². The molecule has 0 saturated carbocycles. The van der Waals surface area contributed by atoms with Crippen LogP contribution in [0.2, 0.25) is 5.02 Å². The van der Waals surface area contributed by atoms with Crippen LogP contribution in [-0.4, -0.2) is 20.9 Å². The minimum absolute atomic E-state index is 0.0969. The molecule has 0 spiro atoms. The van der Waals surface area contributed by atoms with Crippen molar-refractivity contribution < 1.29 is 19.7 Å². The second kappa shape index (κ2) is 4.34. The van der Waals surface area contributed by atoms with E-state index in [0.717, 1.165) is 6.07 Å². The van der Waals surface area contributed by atoms with Crippen molar-refractivity contribution in [2.75, 3.05) is 0 Å². The zero-order chi connectivity index (χ0) is 13.3. The summed E-state index contributed by atoms with van der Waals surface area (Å²) in [4.78, 5) is 30.2. The summed E-state index contributed by atoms with van der Waals surface area (Å²) in [6.07, 6.45) is 0. The van der Waals surface area contributed by atoms with Crippen molar-refractivity contribution in [2.24, 2.45) is 0 Å². The minimum atomic E-state index is -1.56. The van der Waals surface area contributed by atoms with Crippen molar-refractivity contribution in [3.8, 4) is 0 Å². The number of nitro groups is 2. The number of hydrogen-bond acceptors (Lipinski definition) is 5. The third-order valence-electron chi connectivity index (χ3n) is 2.01. The Kier molecular flexibility index (Phi) is 3.28. The fourth-order valence-corrected chi connectivity index (χ4v) is 1.62. The number of nitrogens with zero attached hydrogens (tertiary/aromatic N) is 2.